The Kier molecular flexibility index (Phi) is 4.92. The Bertz CT molecular complexity index is 1080. The molecule has 8 heteroatoms. The fourth-order valence-corrected chi connectivity index (χ4v) is 4.10. The van der Waals surface area contributed by atoms with E-state index in [-0.39, 0.29) is 11.8 Å². The maximum atomic E-state index is 12.7. The molecule has 0 atom stereocenters. The minimum absolute atomic E-state index is 0.0877. The lowest BCUT2D eigenvalue weighted by Gasteiger charge is -2.31. The summed E-state index contributed by atoms with van der Waals surface area (Å²) in [6.07, 6.45) is 6.14. The topological polar surface area (TPSA) is 110 Å². The Hall–Kier alpha value is -3.26. The average molecular weight is 404 g/mol. The number of fused-ring (bicyclic) bond motifs is 1. The summed E-state index contributed by atoms with van der Waals surface area (Å²) in [4.78, 5) is 31.6. The third-order valence-electron chi connectivity index (χ3n) is 5.83. The lowest BCUT2D eigenvalue weighted by molar-refractivity contribution is -0.138. The Morgan fingerprint density at radius 1 is 1.20 bits per heavy atom. The van der Waals surface area contributed by atoms with Crippen LogP contribution in [-0.4, -0.2) is 57.0 Å². The normalized spacial score (nSPS) is 17.9. The summed E-state index contributed by atoms with van der Waals surface area (Å²) in [6.45, 7) is 2.64. The Balaban J connectivity index is 1.37. The summed E-state index contributed by atoms with van der Waals surface area (Å²) in [7, 11) is 0. The Morgan fingerprint density at radius 2 is 2.03 bits per heavy atom. The van der Waals surface area contributed by atoms with Crippen LogP contribution >= 0.6 is 0 Å². The number of carbonyl (C=O) groups excluding carboxylic acids is 1. The van der Waals surface area contributed by atoms with Crippen molar-refractivity contribution in [3.8, 4) is 11.5 Å². The van der Waals surface area contributed by atoms with Crippen molar-refractivity contribution in [1.82, 2.24) is 24.8 Å². The van der Waals surface area contributed by atoms with Crippen LogP contribution in [0, 0.1) is 5.92 Å². The lowest BCUT2D eigenvalue weighted by Crippen LogP contribution is -2.40. The number of nitrogen functional groups attached to an aromatic ring is 1. The zero-order chi connectivity index (χ0) is 20.5. The van der Waals surface area contributed by atoms with Gasteiger partial charge in [0.2, 0.25) is 5.91 Å². The van der Waals surface area contributed by atoms with Crippen molar-refractivity contribution in [2.45, 2.75) is 19.3 Å². The van der Waals surface area contributed by atoms with Crippen molar-refractivity contribution in [2.75, 3.05) is 32.0 Å². The smallest absolute Gasteiger partial charge is 0.226 e. The number of nitrogens with two attached hydrogens (primary N) is 1. The van der Waals surface area contributed by atoms with Gasteiger partial charge in [-0.05, 0) is 37.0 Å². The minimum atomic E-state index is 0.0877. The number of nitrogens with one attached hydrogen (secondary N) is 1. The number of anilines is 1. The Morgan fingerprint density at radius 3 is 2.80 bits per heavy atom. The number of imidazole rings is 1. The van der Waals surface area contributed by atoms with Crippen molar-refractivity contribution in [1.29, 1.82) is 0 Å². The van der Waals surface area contributed by atoms with Crippen LogP contribution in [0.15, 0.2) is 36.5 Å². The number of nitrogens with zero attached hydrogens (tertiary/aromatic N) is 4. The molecule has 1 fully saturated rings. The van der Waals surface area contributed by atoms with Crippen LogP contribution in [0.2, 0.25) is 0 Å². The molecule has 0 aliphatic carbocycles. The van der Waals surface area contributed by atoms with Crippen molar-refractivity contribution < 1.29 is 9.53 Å². The first-order valence-corrected chi connectivity index (χ1v) is 10.3. The van der Waals surface area contributed by atoms with Crippen molar-refractivity contribution >= 4 is 28.3 Å². The van der Waals surface area contributed by atoms with Crippen molar-refractivity contribution in [2.24, 2.45) is 5.92 Å². The number of aromatic amines is 1. The van der Waals surface area contributed by atoms with E-state index < -0.39 is 0 Å². The summed E-state index contributed by atoms with van der Waals surface area (Å²) in [5, 5.41) is 0. The molecule has 0 radical (unpaired) electrons. The number of ether oxygens (including phenoxy) is 1. The van der Waals surface area contributed by atoms with Gasteiger partial charge in [-0.15, -0.1) is 0 Å². The molecule has 0 spiro atoms. The van der Waals surface area contributed by atoms with Crippen LogP contribution in [0.5, 0.6) is 0 Å². The largest absolute Gasteiger partial charge is 0.382 e. The number of hydrogen-bond donors (Lipinski definition) is 2. The summed E-state index contributed by atoms with van der Waals surface area (Å²) < 4.78 is 5.37. The van der Waals surface area contributed by atoms with Crippen molar-refractivity contribution in [3.05, 3.63) is 42.2 Å². The molecule has 2 aromatic heterocycles. The van der Waals surface area contributed by atoms with Gasteiger partial charge in [0.15, 0.2) is 11.6 Å². The number of para-hydroxylation sites is 2. The van der Waals surface area contributed by atoms with E-state index in [4.69, 9.17) is 15.5 Å². The van der Waals surface area contributed by atoms with Gasteiger partial charge in [-0.25, -0.2) is 15.0 Å². The molecule has 2 aliphatic heterocycles. The van der Waals surface area contributed by atoms with Gasteiger partial charge in [0.1, 0.15) is 5.69 Å². The van der Waals surface area contributed by atoms with Gasteiger partial charge < -0.3 is 20.4 Å². The van der Waals surface area contributed by atoms with E-state index in [0.29, 0.717) is 43.6 Å². The minimum Gasteiger partial charge on any atom is -0.382 e. The maximum Gasteiger partial charge on any atom is 0.226 e. The van der Waals surface area contributed by atoms with E-state index in [1.54, 1.807) is 6.20 Å². The molecule has 154 valence electrons. The number of rotatable bonds is 3. The molecule has 4 heterocycles. The van der Waals surface area contributed by atoms with Gasteiger partial charge in [-0.3, -0.25) is 4.79 Å². The molecule has 3 aromatic rings. The molecular weight excluding hydrogens is 380 g/mol. The SMILES string of the molecule is Nc1ncc(C2=CCN(C(=O)C3CCOCC3)CC2)nc1-c1nc2ccccc2[nH]1. The summed E-state index contributed by atoms with van der Waals surface area (Å²) in [6, 6.07) is 7.80. The van der Waals surface area contributed by atoms with Crippen LogP contribution in [0.4, 0.5) is 5.82 Å². The van der Waals surface area contributed by atoms with Gasteiger partial charge in [0, 0.05) is 32.2 Å². The molecule has 0 unspecified atom stereocenters. The first-order chi connectivity index (χ1) is 14.7. The van der Waals surface area contributed by atoms with E-state index in [0.717, 1.165) is 41.6 Å². The average Bonchev–Trinajstić information content (AvgIpc) is 3.24. The molecule has 1 aromatic carbocycles. The number of benzene rings is 1. The fourth-order valence-electron chi connectivity index (χ4n) is 4.10. The van der Waals surface area contributed by atoms with Gasteiger partial charge in [-0.1, -0.05) is 18.2 Å². The third kappa shape index (κ3) is 3.54. The van der Waals surface area contributed by atoms with Gasteiger partial charge in [-0.2, -0.15) is 0 Å². The second-order valence-electron chi connectivity index (χ2n) is 7.74. The van der Waals surface area contributed by atoms with Crippen LogP contribution in [-0.2, 0) is 9.53 Å². The predicted octanol–water partition coefficient (Wildman–Crippen LogP) is 2.64. The first kappa shape index (κ1) is 18.7. The van der Waals surface area contributed by atoms with Gasteiger partial charge in [0.05, 0.1) is 22.9 Å². The van der Waals surface area contributed by atoms with Crippen LogP contribution in [0.25, 0.3) is 28.1 Å². The molecule has 2 aliphatic rings. The summed E-state index contributed by atoms with van der Waals surface area (Å²) >= 11 is 0. The molecule has 1 saturated heterocycles. The molecule has 0 bridgehead atoms. The summed E-state index contributed by atoms with van der Waals surface area (Å²) in [5.41, 5.74) is 10.3. The van der Waals surface area contributed by atoms with E-state index in [1.165, 1.54) is 0 Å². The van der Waals surface area contributed by atoms with E-state index in [2.05, 4.69) is 21.0 Å². The number of hydrogen-bond acceptors (Lipinski definition) is 6. The third-order valence-corrected chi connectivity index (χ3v) is 5.83. The zero-order valence-corrected chi connectivity index (χ0v) is 16.7. The van der Waals surface area contributed by atoms with Crippen LogP contribution < -0.4 is 5.73 Å². The van der Waals surface area contributed by atoms with Gasteiger partial charge in [0.25, 0.3) is 0 Å². The van der Waals surface area contributed by atoms with Crippen LogP contribution in [0.3, 0.4) is 0 Å². The lowest BCUT2D eigenvalue weighted by atomic mass is 9.97. The number of carbonyl (C=O) groups is 1. The molecule has 30 heavy (non-hydrogen) atoms. The maximum absolute atomic E-state index is 12.7. The molecule has 1 amide bonds. The second-order valence-corrected chi connectivity index (χ2v) is 7.74. The standard InChI is InChI=1S/C22H24N6O2/c23-20-19(21-26-16-3-1-2-4-17(16)27-21)25-18(13-24-20)14-5-9-28(10-6-14)22(29)15-7-11-30-12-8-15/h1-5,13,15H,6-12H2,(H2,23,24)(H,26,27). The number of amides is 1. The predicted molar refractivity (Wildman–Crippen MR) is 114 cm³/mol. The highest BCUT2D eigenvalue weighted by molar-refractivity contribution is 5.82. The molecule has 3 N–H and O–H groups in total. The highest BCUT2D eigenvalue weighted by Crippen LogP contribution is 2.28. The first-order valence-electron chi connectivity index (χ1n) is 10.3. The van der Waals surface area contributed by atoms with E-state index in [1.807, 2.05) is 29.2 Å². The highest BCUT2D eigenvalue weighted by Gasteiger charge is 2.27. The molecule has 0 saturated carbocycles. The van der Waals surface area contributed by atoms with E-state index >= 15 is 0 Å². The number of H-pyrrole nitrogens is 1. The summed E-state index contributed by atoms with van der Waals surface area (Å²) in [5.74, 6) is 1.27. The van der Waals surface area contributed by atoms with Crippen molar-refractivity contribution in [3.63, 3.8) is 0 Å². The second kappa shape index (κ2) is 7.87. The quantitative estimate of drug-likeness (QED) is 0.694. The Labute approximate surface area is 174 Å². The molecule has 8 nitrogen and oxygen atoms in total. The van der Waals surface area contributed by atoms with Gasteiger partial charge >= 0.3 is 0 Å². The molecule has 5 rings (SSSR count). The monoisotopic (exact) mass is 404 g/mol. The van der Waals surface area contributed by atoms with Crippen LogP contribution in [0.1, 0.15) is 25.0 Å². The fraction of sp³-hybridized carbons (Fsp3) is 0.364. The van der Waals surface area contributed by atoms with E-state index in [9.17, 15) is 4.79 Å². The highest BCUT2D eigenvalue weighted by atomic mass is 16.5. The number of aromatic nitrogens is 4. The molecular formula is C22H24N6O2. The zero-order valence-electron chi connectivity index (χ0n) is 16.7.